The molecule has 4 aliphatic carbocycles. The van der Waals surface area contributed by atoms with Crippen molar-refractivity contribution in [1.29, 1.82) is 0 Å². The monoisotopic (exact) mass is 320 g/mol. The number of carbonyl (C=O) groups is 1. The van der Waals surface area contributed by atoms with Crippen molar-refractivity contribution in [2.45, 2.75) is 77.4 Å². The second kappa shape index (κ2) is 5.29. The molecule has 0 spiro atoms. The molecule has 0 radical (unpaired) electrons. The SMILES string of the molecule is COC1CCC2(C)C(CCC3C4CC(O)C(=O)C4(C)CCC32)C1. The molecule has 0 aromatic rings. The third-order valence-electron chi connectivity index (χ3n) is 8.68. The average Bonchev–Trinajstić information content (AvgIpc) is 2.78. The molecule has 1 N–H and O–H groups in total. The Morgan fingerprint density at radius 2 is 1.83 bits per heavy atom. The van der Waals surface area contributed by atoms with Crippen molar-refractivity contribution in [2.24, 2.45) is 34.5 Å². The lowest BCUT2D eigenvalue weighted by molar-refractivity contribution is -0.145. The van der Waals surface area contributed by atoms with Gasteiger partial charge in [-0.2, -0.15) is 0 Å². The number of fused-ring (bicyclic) bond motifs is 5. The van der Waals surface area contributed by atoms with E-state index in [9.17, 15) is 9.90 Å². The Labute approximate surface area is 140 Å². The summed E-state index contributed by atoms with van der Waals surface area (Å²) in [6.07, 6.45) is 8.87. The first kappa shape index (κ1) is 16.1. The zero-order valence-corrected chi connectivity index (χ0v) is 14.9. The number of ketones is 1. The maximum Gasteiger partial charge on any atom is 0.167 e. The van der Waals surface area contributed by atoms with Gasteiger partial charge in [-0.1, -0.05) is 13.8 Å². The fraction of sp³-hybridized carbons (Fsp3) is 0.950. The second-order valence-electron chi connectivity index (χ2n) is 9.36. The molecule has 0 aromatic heterocycles. The number of carbonyl (C=O) groups excluding carboxylic acids is 1. The zero-order valence-electron chi connectivity index (χ0n) is 14.9. The van der Waals surface area contributed by atoms with E-state index in [4.69, 9.17) is 4.74 Å². The Morgan fingerprint density at radius 1 is 1.04 bits per heavy atom. The van der Waals surface area contributed by atoms with E-state index < -0.39 is 6.10 Å². The number of aliphatic hydroxyl groups excluding tert-OH is 1. The van der Waals surface area contributed by atoms with Gasteiger partial charge in [-0.25, -0.2) is 0 Å². The predicted octanol–water partition coefficient (Wildman–Crippen LogP) is 3.58. The highest BCUT2D eigenvalue weighted by molar-refractivity contribution is 5.91. The van der Waals surface area contributed by atoms with Gasteiger partial charge in [-0.05, 0) is 80.5 Å². The summed E-state index contributed by atoms with van der Waals surface area (Å²) in [4.78, 5) is 12.5. The van der Waals surface area contributed by atoms with Gasteiger partial charge in [0, 0.05) is 12.5 Å². The molecular formula is C20H32O3. The van der Waals surface area contributed by atoms with Gasteiger partial charge in [0.25, 0.3) is 0 Å². The lowest BCUT2D eigenvalue weighted by Gasteiger charge is -2.60. The zero-order chi connectivity index (χ0) is 16.4. The summed E-state index contributed by atoms with van der Waals surface area (Å²) < 4.78 is 5.66. The van der Waals surface area contributed by atoms with Crippen LogP contribution in [0.25, 0.3) is 0 Å². The molecular weight excluding hydrogens is 288 g/mol. The third kappa shape index (κ3) is 2.12. The number of hydrogen-bond acceptors (Lipinski definition) is 3. The Balaban J connectivity index is 1.61. The molecule has 23 heavy (non-hydrogen) atoms. The van der Waals surface area contributed by atoms with E-state index in [0.29, 0.717) is 23.4 Å². The number of Topliss-reactive ketones (excluding diaryl/α,β-unsaturated/α-hetero) is 1. The van der Waals surface area contributed by atoms with E-state index in [-0.39, 0.29) is 11.2 Å². The molecule has 4 fully saturated rings. The van der Waals surface area contributed by atoms with Crippen LogP contribution in [-0.2, 0) is 9.53 Å². The molecule has 4 rings (SSSR count). The van der Waals surface area contributed by atoms with E-state index in [0.717, 1.165) is 24.7 Å². The lowest BCUT2D eigenvalue weighted by atomic mass is 9.45. The van der Waals surface area contributed by atoms with Gasteiger partial charge in [0.2, 0.25) is 0 Å². The van der Waals surface area contributed by atoms with Crippen molar-refractivity contribution in [2.75, 3.05) is 7.11 Å². The minimum Gasteiger partial charge on any atom is -0.385 e. The van der Waals surface area contributed by atoms with Crippen LogP contribution in [0.3, 0.4) is 0 Å². The fourth-order valence-corrected chi connectivity index (χ4v) is 7.22. The van der Waals surface area contributed by atoms with Crippen LogP contribution in [0.5, 0.6) is 0 Å². The number of methoxy groups -OCH3 is 1. The summed E-state index contributed by atoms with van der Waals surface area (Å²) in [5, 5.41) is 10.2. The van der Waals surface area contributed by atoms with E-state index in [1.54, 1.807) is 0 Å². The Morgan fingerprint density at radius 3 is 2.57 bits per heavy atom. The van der Waals surface area contributed by atoms with Gasteiger partial charge in [-0.15, -0.1) is 0 Å². The maximum absolute atomic E-state index is 12.5. The van der Waals surface area contributed by atoms with Crippen molar-refractivity contribution in [3.05, 3.63) is 0 Å². The van der Waals surface area contributed by atoms with Crippen LogP contribution in [0.15, 0.2) is 0 Å². The number of ether oxygens (including phenoxy) is 1. The minimum absolute atomic E-state index is 0.135. The first-order valence-corrected chi connectivity index (χ1v) is 9.65. The molecule has 0 saturated heterocycles. The van der Waals surface area contributed by atoms with E-state index >= 15 is 0 Å². The summed E-state index contributed by atoms with van der Waals surface area (Å²) >= 11 is 0. The summed E-state index contributed by atoms with van der Waals surface area (Å²) in [7, 11) is 1.86. The Bertz CT molecular complexity index is 503. The average molecular weight is 320 g/mol. The summed E-state index contributed by atoms with van der Waals surface area (Å²) in [5.41, 5.74) is 0.184. The van der Waals surface area contributed by atoms with Crippen LogP contribution in [-0.4, -0.2) is 30.2 Å². The standard InChI is InChI=1S/C20H32O3/c1-19-8-6-13(23-3)10-12(19)4-5-14-15(19)7-9-20(2)16(14)11-17(21)18(20)22/h12-17,21H,4-11H2,1-3H3. The molecule has 3 nitrogen and oxygen atoms in total. The maximum atomic E-state index is 12.5. The molecule has 0 bridgehead atoms. The van der Waals surface area contributed by atoms with Gasteiger partial charge < -0.3 is 9.84 Å². The molecule has 0 aliphatic heterocycles. The van der Waals surface area contributed by atoms with E-state index in [1.807, 2.05) is 7.11 Å². The van der Waals surface area contributed by atoms with E-state index in [1.165, 1.54) is 38.5 Å². The quantitative estimate of drug-likeness (QED) is 0.803. The predicted molar refractivity (Wildman–Crippen MR) is 88.9 cm³/mol. The highest BCUT2D eigenvalue weighted by atomic mass is 16.5. The van der Waals surface area contributed by atoms with Crippen LogP contribution in [0.1, 0.15) is 65.2 Å². The summed E-state index contributed by atoms with van der Waals surface area (Å²) in [5.74, 6) is 2.73. The van der Waals surface area contributed by atoms with E-state index in [2.05, 4.69) is 13.8 Å². The number of hydrogen-bond donors (Lipinski definition) is 1. The van der Waals surface area contributed by atoms with Crippen molar-refractivity contribution >= 4 is 5.78 Å². The van der Waals surface area contributed by atoms with Gasteiger partial charge in [0.15, 0.2) is 5.78 Å². The molecule has 3 heteroatoms. The van der Waals surface area contributed by atoms with Crippen LogP contribution >= 0.6 is 0 Å². The van der Waals surface area contributed by atoms with Crippen LogP contribution in [0.4, 0.5) is 0 Å². The highest BCUT2D eigenvalue weighted by Crippen LogP contribution is 2.65. The van der Waals surface area contributed by atoms with Gasteiger partial charge in [0.1, 0.15) is 6.10 Å². The molecule has 130 valence electrons. The molecule has 4 aliphatic rings. The second-order valence-corrected chi connectivity index (χ2v) is 9.36. The number of rotatable bonds is 1. The third-order valence-corrected chi connectivity index (χ3v) is 8.68. The molecule has 8 unspecified atom stereocenters. The molecule has 0 aromatic carbocycles. The van der Waals surface area contributed by atoms with Crippen LogP contribution in [0, 0.1) is 34.5 Å². The van der Waals surface area contributed by atoms with Crippen molar-refractivity contribution in [3.8, 4) is 0 Å². The summed E-state index contributed by atoms with van der Waals surface area (Å²) in [6.45, 7) is 4.67. The van der Waals surface area contributed by atoms with Gasteiger partial charge in [0.05, 0.1) is 6.10 Å². The number of aliphatic hydroxyl groups is 1. The summed E-state index contributed by atoms with van der Waals surface area (Å²) in [6, 6.07) is 0. The normalized spacial score (nSPS) is 55.9. The lowest BCUT2D eigenvalue weighted by Crippen LogP contribution is -2.54. The molecule has 0 heterocycles. The largest absolute Gasteiger partial charge is 0.385 e. The van der Waals surface area contributed by atoms with Crippen LogP contribution < -0.4 is 0 Å². The highest BCUT2D eigenvalue weighted by Gasteiger charge is 2.62. The molecule has 4 saturated carbocycles. The fourth-order valence-electron chi connectivity index (χ4n) is 7.22. The Hall–Kier alpha value is -0.410. The van der Waals surface area contributed by atoms with Crippen molar-refractivity contribution in [3.63, 3.8) is 0 Å². The van der Waals surface area contributed by atoms with Gasteiger partial charge in [-0.3, -0.25) is 4.79 Å². The van der Waals surface area contributed by atoms with Crippen molar-refractivity contribution in [1.82, 2.24) is 0 Å². The first-order valence-electron chi connectivity index (χ1n) is 9.65. The van der Waals surface area contributed by atoms with Crippen molar-refractivity contribution < 1.29 is 14.6 Å². The smallest absolute Gasteiger partial charge is 0.167 e. The molecule has 0 amide bonds. The minimum atomic E-state index is -0.696. The topological polar surface area (TPSA) is 46.5 Å². The van der Waals surface area contributed by atoms with Crippen LogP contribution in [0.2, 0.25) is 0 Å². The van der Waals surface area contributed by atoms with Gasteiger partial charge >= 0.3 is 0 Å². The Kier molecular flexibility index (Phi) is 3.70. The molecule has 8 atom stereocenters. The first-order chi connectivity index (χ1) is 10.9.